The van der Waals surface area contributed by atoms with Crippen LogP contribution in [0.2, 0.25) is 0 Å². The van der Waals surface area contributed by atoms with Crippen molar-refractivity contribution >= 4 is 0 Å². The van der Waals surface area contributed by atoms with Gasteiger partial charge < -0.3 is 0 Å². The number of rotatable bonds is 4. The molecule has 0 bridgehead atoms. The first kappa shape index (κ1) is 27.6. The van der Waals surface area contributed by atoms with Crippen LogP contribution in [0, 0.1) is 0 Å². The number of benzene rings is 6. The first-order valence-corrected chi connectivity index (χ1v) is 16.6. The van der Waals surface area contributed by atoms with Gasteiger partial charge in [-0.1, -0.05) is 146 Å². The molecular weight excluding hydrogens is 597 g/mol. The van der Waals surface area contributed by atoms with Gasteiger partial charge in [-0.2, -0.15) is 0 Å². The highest BCUT2D eigenvalue weighted by Crippen LogP contribution is 2.62. The van der Waals surface area contributed by atoms with Crippen LogP contribution in [0.1, 0.15) is 22.3 Å². The Morgan fingerprint density at radius 1 is 0.327 bits per heavy atom. The van der Waals surface area contributed by atoms with Crippen molar-refractivity contribution in [1.82, 2.24) is 19.9 Å². The minimum atomic E-state index is -0.331. The summed E-state index contributed by atoms with van der Waals surface area (Å²) in [4.78, 5) is 19.1. The molecule has 0 N–H and O–H groups in total. The second kappa shape index (κ2) is 10.8. The summed E-state index contributed by atoms with van der Waals surface area (Å²) in [5.41, 5.74) is 15.2. The summed E-state index contributed by atoms with van der Waals surface area (Å²) in [6.07, 6.45) is 1.76. The minimum absolute atomic E-state index is 0.331. The maximum atomic E-state index is 4.90. The van der Waals surface area contributed by atoms with E-state index in [1.54, 1.807) is 6.20 Å². The lowest BCUT2D eigenvalue weighted by molar-refractivity contribution is 0.794. The fourth-order valence-corrected chi connectivity index (χ4v) is 7.92. The molecular formula is C45H28N4. The highest BCUT2D eigenvalue weighted by atomic mass is 15.0. The third-order valence-electron chi connectivity index (χ3n) is 10.0. The van der Waals surface area contributed by atoms with Crippen molar-refractivity contribution in [2.45, 2.75) is 5.41 Å². The molecule has 8 aromatic rings. The van der Waals surface area contributed by atoms with Crippen molar-refractivity contribution in [3.05, 3.63) is 192 Å². The summed E-state index contributed by atoms with van der Waals surface area (Å²) in [5.74, 6) is 1.79. The Morgan fingerprint density at radius 2 is 0.796 bits per heavy atom. The molecule has 0 aliphatic heterocycles. The van der Waals surface area contributed by atoms with Crippen LogP contribution in [0.3, 0.4) is 0 Å². The van der Waals surface area contributed by atoms with Gasteiger partial charge in [-0.15, -0.1) is 0 Å². The highest BCUT2D eigenvalue weighted by molar-refractivity contribution is 5.96. The molecule has 0 unspecified atom stereocenters. The quantitative estimate of drug-likeness (QED) is 0.196. The normalized spacial score (nSPS) is 13.1. The monoisotopic (exact) mass is 624 g/mol. The van der Waals surface area contributed by atoms with Gasteiger partial charge >= 0.3 is 0 Å². The van der Waals surface area contributed by atoms with Crippen molar-refractivity contribution < 1.29 is 0 Å². The van der Waals surface area contributed by atoms with E-state index in [0.717, 1.165) is 16.7 Å². The summed E-state index contributed by atoms with van der Waals surface area (Å²) in [6.45, 7) is 0. The molecule has 4 nitrogen and oxygen atoms in total. The summed E-state index contributed by atoms with van der Waals surface area (Å²) in [6, 6.07) is 58.1. The minimum Gasteiger partial charge on any atom is -0.253 e. The number of aromatic nitrogens is 4. The van der Waals surface area contributed by atoms with Crippen LogP contribution in [-0.2, 0) is 5.41 Å². The zero-order valence-corrected chi connectivity index (χ0v) is 26.5. The largest absolute Gasteiger partial charge is 0.253 e. The summed E-state index contributed by atoms with van der Waals surface area (Å²) >= 11 is 0. The molecule has 228 valence electrons. The van der Waals surface area contributed by atoms with E-state index in [2.05, 4.69) is 120 Å². The van der Waals surface area contributed by atoms with E-state index < -0.39 is 0 Å². The van der Waals surface area contributed by atoms with Gasteiger partial charge in [0.25, 0.3) is 0 Å². The molecule has 0 fully saturated rings. The fourth-order valence-electron chi connectivity index (χ4n) is 7.92. The standard InChI is InChI=1S/C45H28N4/c1-2-12-30(13-3-1)42-47-43(49-44(48-42)41-20-10-11-27-46-41)31-23-21-29(22-24-31)32-25-26-40-36(28-32)35-16-6-9-19-39(35)45(40)37-17-7-4-14-33(37)34-15-5-8-18-38(34)45/h1-28H. The maximum absolute atomic E-state index is 4.90. The Bertz CT molecular complexity index is 2440. The number of fused-ring (bicyclic) bond motifs is 10. The lowest BCUT2D eigenvalue weighted by Crippen LogP contribution is -2.25. The van der Waals surface area contributed by atoms with E-state index in [-0.39, 0.29) is 5.41 Å². The van der Waals surface area contributed by atoms with Crippen LogP contribution in [-0.4, -0.2) is 19.9 Å². The van der Waals surface area contributed by atoms with Gasteiger partial charge in [-0.05, 0) is 73.8 Å². The van der Waals surface area contributed by atoms with E-state index in [4.69, 9.17) is 15.0 Å². The SMILES string of the molecule is c1ccc(-c2nc(-c3ccc(-c4ccc5c(c4)-c4ccccc4C54c5ccccc5-c5ccccc54)cc3)nc(-c3ccccn3)n2)cc1. The van der Waals surface area contributed by atoms with Crippen molar-refractivity contribution in [2.24, 2.45) is 0 Å². The van der Waals surface area contributed by atoms with Gasteiger partial charge in [0.1, 0.15) is 5.69 Å². The van der Waals surface area contributed by atoms with Crippen molar-refractivity contribution in [2.75, 3.05) is 0 Å². The van der Waals surface area contributed by atoms with Crippen LogP contribution < -0.4 is 0 Å². The second-order valence-electron chi connectivity index (χ2n) is 12.6. The van der Waals surface area contributed by atoms with E-state index in [1.165, 1.54) is 50.1 Å². The average Bonchev–Trinajstić information content (AvgIpc) is 3.65. The van der Waals surface area contributed by atoms with Gasteiger partial charge in [-0.25, -0.2) is 15.0 Å². The summed E-state index contributed by atoms with van der Waals surface area (Å²) < 4.78 is 0. The third-order valence-corrected chi connectivity index (χ3v) is 10.0. The van der Waals surface area contributed by atoms with Crippen molar-refractivity contribution in [3.8, 4) is 67.7 Å². The van der Waals surface area contributed by atoms with Crippen LogP contribution >= 0.6 is 0 Å². The van der Waals surface area contributed by atoms with Crippen LogP contribution in [0.4, 0.5) is 0 Å². The first-order chi connectivity index (χ1) is 24.3. The Morgan fingerprint density at radius 3 is 1.41 bits per heavy atom. The van der Waals surface area contributed by atoms with E-state index in [0.29, 0.717) is 23.2 Å². The van der Waals surface area contributed by atoms with Gasteiger partial charge in [0.05, 0.1) is 5.41 Å². The second-order valence-corrected chi connectivity index (χ2v) is 12.6. The predicted octanol–water partition coefficient (Wildman–Crippen LogP) is 10.3. The molecule has 0 amide bonds. The van der Waals surface area contributed by atoms with E-state index >= 15 is 0 Å². The molecule has 0 atom stereocenters. The Kier molecular flexibility index (Phi) is 6.06. The molecule has 2 heterocycles. The van der Waals surface area contributed by atoms with Gasteiger partial charge in [-0.3, -0.25) is 4.98 Å². The fraction of sp³-hybridized carbons (Fsp3) is 0.0222. The first-order valence-electron chi connectivity index (χ1n) is 16.6. The lowest BCUT2D eigenvalue weighted by atomic mass is 9.70. The zero-order chi connectivity index (χ0) is 32.4. The lowest BCUT2D eigenvalue weighted by Gasteiger charge is -2.30. The van der Waals surface area contributed by atoms with Gasteiger partial charge in [0.2, 0.25) is 0 Å². The molecule has 2 aliphatic carbocycles. The number of pyridine rings is 1. The van der Waals surface area contributed by atoms with E-state index in [9.17, 15) is 0 Å². The Balaban J connectivity index is 1.08. The maximum Gasteiger partial charge on any atom is 0.182 e. The average molecular weight is 625 g/mol. The molecule has 0 saturated carbocycles. The number of hydrogen-bond acceptors (Lipinski definition) is 4. The van der Waals surface area contributed by atoms with Gasteiger partial charge in [0.15, 0.2) is 17.5 Å². The van der Waals surface area contributed by atoms with Gasteiger partial charge in [0, 0.05) is 17.3 Å². The number of nitrogens with zero attached hydrogens (tertiary/aromatic N) is 4. The van der Waals surface area contributed by atoms with Crippen LogP contribution in [0.5, 0.6) is 0 Å². The third kappa shape index (κ3) is 4.11. The Labute approximate surface area is 284 Å². The highest BCUT2D eigenvalue weighted by Gasteiger charge is 2.51. The molecule has 1 spiro atoms. The molecule has 49 heavy (non-hydrogen) atoms. The molecule has 4 heteroatoms. The molecule has 6 aromatic carbocycles. The number of hydrogen-bond donors (Lipinski definition) is 0. The van der Waals surface area contributed by atoms with Crippen LogP contribution in [0.25, 0.3) is 67.7 Å². The molecule has 0 saturated heterocycles. The predicted molar refractivity (Wildman–Crippen MR) is 196 cm³/mol. The topological polar surface area (TPSA) is 51.6 Å². The molecule has 2 aromatic heterocycles. The molecule has 2 aliphatic rings. The Hall–Kier alpha value is -6.52. The van der Waals surface area contributed by atoms with Crippen LogP contribution in [0.15, 0.2) is 170 Å². The molecule has 0 radical (unpaired) electrons. The summed E-state index contributed by atoms with van der Waals surface area (Å²) in [5, 5.41) is 0. The van der Waals surface area contributed by atoms with E-state index in [1.807, 2.05) is 48.5 Å². The summed E-state index contributed by atoms with van der Waals surface area (Å²) in [7, 11) is 0. The smallest absolute Gasteiger partial charge is 0.182 e. The van der Waals surface area contributed by atoms with Crippen molar-refractivity contribution in [3.63, 3.8) is 0 Å². The zero-order valence-electron chi connectivity index (χ0n) is 26.5. The van der Waals surface area contributed by atoms with Crippen molar-refractivity contribution in [1.29, 1.82) is 0 Å². The molecule has 10 rings (SSSR count).